The Morgan fingerprint density at radius 3 is 2.35 bits per heavy atom. The van der Waals surface area contributed by atoms with Crippen LogP contribution in [0.5, 0.6) is 5.75 Å². The molecular formula is C26H29F3N2O3. The molecule has 0 spiro atoms. The molecule has 182 valence electrons. The smallest absolute Gasteiger partial charge is 0.418 e. The van der Waals surface area contributed by atoms with Gasteiger partial charge in [0, 0.05) is 17.6 Å². The number of carbonyl (C=O) groups excluding carboxylic acids is 2. The lowest BCUT2D eigenvalue weighted by Crippen LogP contribution is -2.42. The van der Waals surface area contributed by atoms with Gasteiger partial charge in [-0.1, -0.05) is 44.2 Å². The maximum Gasteiger partial charge on any atom is 0.491 e. The summed E-state index contributed by atoms with van der Waals surface area (Å²) in [6.45, 7) is 4.62. The van der Waals surface area contributed by atoms with Crippen molar-refractivity contribution in [2.75, 3.05) is 0 Å². The highest BCUT2D eigenvalue weighted by atomic mass is 19.4. The number of ether oxygens (including phenoxy) is 1. The van der Waals surface area contributed by atoms with Gasteiger partial charge in [0.25, 0.3) is 5.91 Å². The predicted molar refractivity (Wildman–Crippen MR) is 122 cm³/mol. The minimum absolute atomic E-state index is 0.211. The van der Waals surface area contributed by atoms with Gasteiger partial charge in [-0.25, -0.2) is 4.79 Å². The van der Waals surface area contributed by atoms with Gasteiger partial charge in [0.15, 0.2) is 5.75 Å². The van der Waals surface area contributed by atoms with Gasteiger partial charge in [0.05, 0.1) is 5.56 Å². The maximum atomic E-state index is 12.9. The van der Waals surface area contributed by atoms with E-state index in [0.29, 0.717) is 23.1 Å². The summed E-state index contributed by atoms with van der Waals surface area (Å²) in [5, 5.41) is 3.78. The van der Waals surface area contributed by atoms with Crippen LogP contribution in [0.25, 0.3) is 11.1 Å². The van der Waals surface area contributed by atoms with E-state index in [-0.39, 0.29) is 11.1 Å². The Balaban J connectivity index is 1.56. The number of primary amides is 1. The molecule has 1 unspecified atom stereocenters. The monoisotopic (exact) mass is 474 g/mol. The van der Waals surface area contributed by atoms with Crippen molar-refractivity contribution in [3.05, 3.63) is 53.1 Å². The molecule has 2 aromatic carbocycles. The van der Waals surface area contributed by atoms with Crippen molar-refractivity contribution in [1.29, 1.82) is 0 Å². The lowest BCUT2D eigenvalue weighted by atomic mass is 9.75. The quantitative estimate of drug-likeness (QED) is 0.475. The number of hydrogen-bond donors (Lipinski definition) is 2. The largest absolute Gasteiger partial charge is 0.491 e. The van der Waals surface area contributed by atoms with Crippen molar-refractivity contribution >= 4 is 11.9 Å². The molecule has 3 N–H and O–H groups in total. The third-order valence-corrected chi connectivity index (χ3v) is 6.97. The molecule has 34 heavy (non-hydrogen) atoms. The first-order valence-electron chi connectivity index (χ1n) is 11.5. The molecule has 2 aromatic rings. The first-order chi connectivity index (χ1) is 15.9. The number of para-hydroxylation sites is 1. The number of nitrogens with one attached hydrogen (secondary N) is 1. The molecular weight excluding hydrogens is 445 g/mol. The molecule has 0 saturated heterocycles. The topological polar surface area (TPSA) is 81.4 Å². The first kappa shape index (κ1) is 24.3. The molecule has 2 aliphatic rings. The van der Waals surface area contributed by atoms with Gasteiger partial charge in [-0.15, -0.1) is 0 Å². The van der Waals surface area contributed by atoms with Crippen molar-refractivity contribution in [3.63, 3.8) is 0 Å². The van der Waals surface area contributed by atoms with E-state index in [2.05, 4.69) is 23.9 Å². The highest BCUT2D eigenvalue weighted by Crippen LogP contribution is 2.38. The summed E-state index contributed by atoms with van der Waals surface area (Å²) in [5.74, 6) is -3.86. The number of fused-ring (bicyclic) bond motifs is 1. The van der Waals surface area contributed by atoms with Gasteiger partial charge in [-0.3, -0.25) is 4.79 Å². The Morgan fingerprint density at radius 2 is 1.71 bits per heavy atom. The summed E-state index contributed by atoms with van der Waals surface area (Å²) < 4.78 is 43.2. The SMILES string of the molecule is CC1(C)CCC(NC2Cc3ccc(-c4cccc(C(N)=O)c4OC(=O)C(F)(F)F)cc3C2)CC1. The third kappa shape index (κ3) is 5.27. The first-order valence-corrected chi connectivity index (χ1v) is 11.5. The molecule has 0 aliphatic heterocycles. The summed E-state index contributed by atoms with van der Waals surface area (Å²) in [6, 6.07) is 10.7. The van der Waals surface area contributed by atoms with Crippen LogP contribution in [0.2, 0.25) is 0 Å². The molecule has 0 radical (unpaired) electrons. The van der Waals surface area contributed by atoms with E-state index in [0.717, 1.165) is 31.2 Å². The molecule has 0 bridgehead atoms. The minimum Gasteiger partial charge on any atom is -0.418 e. The zero-order chi connectivity index (χ0) is 24.7. The number of benzene rings is 2. The van der Waals surface area contributed by atoms with Crippen LogP contribution in [-0.4, -0.2) is 30.1 Å². The summed E-state index contributed by atoms with van der Waals surface area (Å²) in [4.78, 5) is 23.4. The van der Waals surface area contributed by atoms with E-state index in [4.69, 9.17) is 5.73 Å². The average molecular weight is 475 g/mol. The highest BCUT2D eigenvalue weighted by molar-refractivity contribution is 5.99. The second-order valence-electron chi connectivity index (χ2n) is 10.1. The van der Waals surface area contributed by atoms with Crippen LogP contribution in [0.1, 0.15) is 61.0 Å². The van der Waals surface area contributed by atoms with Gasteiger partial charge < -0.3 is 15.8 Å². The summed E-state index contributed by atoms with van der Waals surface area (Å²) >= 11 is 0. The number of nitrogens with two attached hydrogens (primary N) is 1. The molecule has 1 atom stereocenters. The van der Waals surface area contributed by atoms with Gasteiger partial charge >= 0.3 is 12.1 Å². The number of alkyl halides is 3. The Labute approximate surface area is 196 Å². The lowest BCUT2D eigenvalue weighted by Gasteiger charge is -2.36. The molecule has 1 amide bonds. The van der Waals surface area contributed by atoms with Crippen LogP contribution in [0, 0.1) is 5.41 Å². The van der Waals surface area contributed by atoms with Crippen LogP contribution in [0.3, 0.4) is 0 Å². The van der Waals surface area contributed by atoms with E-state index < -0.39 is 23.8 Å². The number of esters is 1. The highest BCUT2D eigenvalue weighted by Gasteiger charge is 2.42. The standard InChI is InChI=1S/C26H29F3N2O3/c1-25(2)10-8-18(9-11-25)31-19-13-15-6-7-16(12-17(15)14-19)20-4-3-5-21(23(30)32)22(20)34-24(33)26(27,28)29/h3-7,12,18-19,31H,8-11,13-14H2,1-2H3,(H2,30,32). The molecule has 0 aromatic heterocycles. The molecule has 8 heteroatoms. The fraction of sp³-hybridized carbons (Fsp3) is 0.462. The number of rotatable bonds is 5. The van der Waals surface area contributed by atoms with E-state index in [1.165, 1.54) is 36.6 Å². The van der Waals surface area contributed by atoms with E-state index in [1.54, 1.807) is 6.07 Å². The minimum atomic E-state index is -5.20. The normalized spacial score (nSPS) is 20.1. The molecule has 1 saturated carbocycles. The van der Waals surface area contributed by atoms with Crippen molar-refractivity contribution in [2.24, 2.45) is 11.1 Å². The van der Waals surface area contributed by atoms with Gasteiger partial charge in [-0.2, -0.15) is 13.2 Å². The Hall–Kier alpha value is -2.87. The molecule has 4 rings (SSSR count). The molecule has 0 heterocycles. The van der Waals surface area contributed by atoms with Gasteiger partial charge in [0.1, 0.15) is 0 Å². The predicted octanol–water partition coefficient (Wildman–Crippen LogP) is 4.95. The van der Waals surface area contributed by atoms with E-state index in [9.17, 15) is 22.8 Å². The zero-order valence-corrected chi connectivity index (χ0v) is 19.3. The number of halogens is 3. The van der Waals surface area contributed by atoms with Gasteiger partial charge in [-0.05, 0) is 66.7 Å². The summed E-state index contributed by atoms with van der Waals surface area (Å²) in [7, 11) is 0. The zero-order valence-electron chi connectivity index (χ0n) is 19.3. The molecule has 2 aliphatic carbocycles. The van der Waals surface area contributed by atoms with Crippen LogP contribution < -0.4 is 15.8 Å². The fourth-order valence-electron chi connectivity index (χ4n) is 5.02. The van der Waals surface area contributed by atoms with Crippen molar-refractivity contribution in [2.45, 2.75) is 70.6 Å². The Kier molecular flexibility index (Phi) is 6.46. The third-order valence-electron chi connectivity index (χ3n) is 6.97. The van der Waals surface area contributed by atoms with E-state index >= 15 is 0 Å². The number of hydrogen-bond acceptors (Lipinski definition) is 4. The Morgan fingerprint density at radius 1 is 1.03 bits per heavy atom. The molecule has 5 nitrogen and oxygen atoms in total. The average Bonchev–Trinajstić information content (AvgIpc) is 3.16. The summed E-state index contributed by atoms with van der Waals surface area (Å²) in [5.41, 5.74) is 8.50. The number of carbonyl (C=O) groups is 2. The van der Waals surface area contributed by atoms with Crippen molar-refractivity contribution < 1.29 is 27.5 Å². The van der Waals surface area contributed by atoms with Crippen LogP contribution >= 0.6 is 0 Å². The van der Waals surface area contributed by atoms with Crippen LogP contribution in [0.4, 0.5) is 13.2 Å². The lowest BCUT2D eigenvalue weighted by molar-refractivity contribution is -0.189. The molecule has 1 fully saturated rings. The second kappa shape index (κ2) is 9.06. The van der Waals surface area contributed by atoms with Gasteiger partial charge in [0.2, 0.25) is 0 Å². The van der Waals surface area contributed by atoms with Crippen molar-refractivity contribution in [3.8, 4) is 16.9 Å². The van der Waals surface area contributed by atoms with Crippen LogP contribution in [-0.2, 0) is 17.6 Å². The van der Waals surface area contributed by atoms with E-state index in [1.807, 2.05) is 12.1 Å². The fourth-order valence-corrected chi connectivity index (χ4v) is 5.02. The Bertz CT molecular complexity index is 1100. The summed E-state index contributed by atoms with van der Waals surface area (Å²) in [6.07, 6.45) is 1.18. The van der Waals surface area contributed by atoms with Crippen LogP contribution in [0.15, 0.2) is 36.4 Å². The number of amides is 1. The maximum absolute atomic E-state index is 12.9. The van der Waals surface area contributed by atoms with Crippen molar-refractivity contribution in [1.82, 2.24) is 5.32 Å². The second-order valence-corrected chi connectivity index (χ2v) is 10.1.